The number of nitrogen functional groups attached to an aromatic ring is 2. The maximum atomic E-state index is 5.48. The Balaban J connectivity index is 2.73. The first-order chi connectivity index (χ1) is 6.24. The molecular weight excluding hydrogens is 184 g/mol. The van der Waals surface area contributed by atoms with Gasteiger partial charge in [0, 0.05) is 0 Å². The Hall–Kier alpha value is -1.23. The second kappa shape index (κ2) is 4.71. The van der Waals surface area contributed by atoms with Crippen molar-refractivity contribution in [2.45, 2.75) is 6.42 Å². The Morgan fingerprint density at radius 1 is 1.38 bits per heavy atom. The van der Waals surface area contributed by atoms with Crippen molar-refractivity contribution in [3.8, 4) is 0 Å². The van der Waals surface area contributed by atoms with Gasteiger partial charge < -0.3 is 11.5 Å². The number of aromatic nitrogens is 2. The van der Waals surface area contributed by atoms with Gasteiger partial charge in [0.2, 0.25) is 0 Å². The van der Waals surface area contributed by atoms with E-state index in [1.807, 2.05) is 12.2 Å². The van der Waals surface area contributed by atoms with E-state index in [4.69, 9.17) is 11.5 Å². The van der Waals surface area contributed by atoms with Crippen LogP contribution in [-0.4, -0.2) is 15.7 Å². The Kier molecular flexibility index (Phi) is 3.57. The molecule has 4 nitrogen and oxygen atoms in total. The van der Waals surface area contributed by atoms with E-state index < -0.39 is 0 Å². The van der Waals surface area contributed by atoms with Gasteiger partial charge in [-0.1, -0.05) is 6.08 Å². The predicted octanol–water partition coefficient (Wildman–Crippen LogP) is 0.974. The molecule has 0 aromatic carbocycles. The zero-order chi connectivity index (χ0) is 9.68. The van der Waals surface area contributed by atoms with Crippen molar-refractivity contribution in [1.82, 2.24) is 9.97 Å². The van der Waals surface area contributed by atoms with E-state index in [-0.39, 0.29) is 11.6 Å². The molecule has 4 N–H and O–H groups in total. The van der Waals surface area contributed by atoms with Crippen LogP contribution in [0.2, 0.25) is 0 Å². The van der Waals surface area contributed by atoms with Crippen molar-refractivity contribution in [3.05, 3.63) is 18.0 Å². The van der Waals surface area contributed by atoms with Crippen molar-refractivity contribution >= 4 is 30.3 Å². The molecule has 1 heterocycles. The van der Waals surface area contributed by atoms with Crippen molar-refractivity contribution < 1.29 is 0 Å². The van der Waals surface area contributed by atoms with Crippen molar-refractivity contribution in [1.29, 1.82) is 0 Å². The second-order valence-electron chi connectivity index (χ2n) is 2.48. The van der Waals surface area contributed by atoms with Crippen LogP contribution < -0.4 is 11.5 Å². The molecule has 0 bridgehead atoms. The Morgan fingerprint density at radius 2 is 2.15 bits per heavy atom. The largest absolute Gasteiger partial charge is 0.381 e. The summed E-state index contributed by atoms with van der Waals surface area (Å²) in [5, 5.41) is 0. The van der Waals surface area contributed by atoms with E-state index >= 15 is 0 Å². The SMILES string of the molecule is Nc1ncc(C=CCCS)nc1N. The lowest BCUT2D eigenvalue weighted by Crippen LogP contribution is -2.01. The molecule has 0 saturated heterocycles. The highest BCUT2D eigenvalue weighted by atomic mass is 32.1. The summed E-state index contributed by atoms with van der Waals surface area (Å²) in [7, 11) is 0. The van der Waals surface area contributed by atoms with Crippen LogP contribution in [0.5, 0.6) is 0 Å². The number of nitrogens with two attached hydrogens (primary N) is 2. The monoisotopic (exact) mass is 196 g/mol. The zero-order valence-electron chi connectivity index (χ0n) is 7.14. The smallest absolute Gasteiger partial charge is 0.166 e. The Morgan fingerprint density at radius 3 is 2.77 bits per heavy atom. The van der Waals surface area contributed by atoms with Crippen LogP contribution in [0.4, 0.5) is 11.6 Å². The molecule has 5 heteroatoms. The predicted molar refractivity (Wildman–Crippen MR) is 58.4 cm³/mol. The molecule has 0 aliphatic carbocycles. The summed E-state index contributed by atoms with van der Waals surface area (Å²) in [5.74, 6) is 1.35. The lowest BCUT2D eigenvalue weighted by atomic mass is 10.3. The van der Waals surface area contributed by atoms with E-state index in [2.05, 4.69) is 22.6 Å². The molecule has 0 aliphatic rings. The number of rotatable bonds is 3. The summed E-state index contributed by atoms with van der Waals surface area (Å²) in [6.45, 7) is 0. The van der Waals surface area contributed by atoms with Gasteiger partial charge in [0.05, 0.1) is 11.9 Å². The molecule has 1 aromatic rings. The van der Waals surface area contributed by atoms with Crippen LogP contribution in [0, 0.1) is 0 Å². The quantitative estimate of drug-likeness (QED) is 0.630. The molecule has 0 amide bonds. The lowest BCUT2D eigenvalue weighted by Gasteiger charge is -1.98. The van der Waals surface area contributed by atoms with Gasteiger partial charge in [-0.3, -0.25) is 0 Å². The summed E-state index contributed by atoms with van der Waals surface area (Å²) in [4.78, 5) is 7.90. The Labute approximate surface area is 82.5 Å². The van der Waals surface area contributed by atoms with Gasteiger partial charge in [-0.2, -0.15) is 12.6 Å². The van der Waals surface area contributed by atoms with E-state index in [1.54, 1.807) is 6.20 Å². The third-order valence-corrected chi connectivity index (χ3v) is 1.69. The molecule has 0 radical (unpaired) electrons. The Bertz CT molecular complexity index is 311. The molecule has 0 spiro atoms. The molecule has 0 fully saturated rings. The summed E-state index contributed by atoms with van der Waals surface area (Å²) < 4.78 is 0. The fourth-order valence-electron chi connectivity index (χ4n) is 0.786. The molecule has 0 atom stereocenters. The summed E-state index contributed by atoms with van der Waals surface area (Å²) >= 11 is 4.07. The fourth-order valence-corrected chi connectivity index (χ4v) is 0.935. The highest BCUT2D eigenvalue weighted by Crippen LogP contribution is 2.08. The average Bonchev–Trinajstić information content (AvgIpc) is 2.12. The molecule has 0 unspecified atom stereocenters. The normalized spacial score (nSPS) is 10.8. The fraction of sp³-hybridized carbons (Fsp3) is 0.250. The molecule has 0 saturated carbocycles. The van der Waals surface area contributed by atoms with Gasteiger partial charge in [0.15, 0.2) is 11.6 Å². The first-order valence-corrected chi connectivity index (χ1v) is 4.52. The standard InChI is InChI=1S/C8H12N4S/c9-7-8(10)12-6(5-11-7)3-1-2-4-13/h1,3,5,13H,2,4H2,(H2,9,11)(H2,10,12). The minimum absolute atomic E-state index is 0.270. The third-order valence-electron chi connectivity index (χ3n) is 1.43. The first kappa shape index (κ1) is 9.85. The summed E-state index contributed by atoms with van der Waals surface area (Å²) in [5.41, 5.74) is 11.6. The number of allylic oxidation sites excluding steroid dienone is 1. The zero-order valence-corrected chi connectivity index (χ0v) is 8.04. The first-order valence-electron chi connectivity index (χ1n) is 3.89. The van der Waals surface area contributed by atoms with Gasteiger partial charge in [-0.05, 0) is 18.2 Å². The third kappa shape index (κ3) is 2.95. The van der Waals surface area contributed by atoms with E-state index in [0.29, 0.717) is 5.69 Å². The highest BCUT2D eigenvalue weighted by Gasteiger charge is 1.96. The molecular formula is C8H12N4S. The van der Waals surface area contributed by atoms with Crippen molar-refractivity contribution in [3.63, 3.8) is 0 Å². The van der Waals surface area contributed by atoms with E-state index in [1.165, 1.54) is 0 Å². The maximum Gasteiger partial charge on any atom is 0.166 e. The van der Waals surface area contributed by atoms with Gasteiger partial charge in [0.1, 0.15) is 0 Å². The number of thiol groups is 1. The minimum Gasteiger partial charge on any atom is -0.381 e. The summed E-state index contributed by atoms with van der Waals surface area (Å²) in [6, 6.07) is 0. The molecule has 1 aromatic heterocycles. The molecule has 13 heavy (non-hydrogen) atoms. The van der Waals surface area contributed by atoms with Crippen LogP contribution in [0.25, 0.3) is 6.08 Å². The van der Waals surface area contributed by atoms with Crippen LogP contribution in [0.3, 0.4) is 0 Å². The average molecular weight is 196 g/mol. The second-order valence-corrected chi connectivity index (χ2v) is 2.93. The highest BCUT2D eigenvalue weighted by molar-refractivity contribution is 7.80. The van der Waals surface area contributed by atoms with Gasteiger partial charge >= 0.3 is 0 Å². The number of nitrogens with zero attached hydrogens (tertiary/aromatic N) is 2. The number of hydrogen-bond donors (Lipinski definition) is 3. The van der Waals surface area contributed by atoms with Crippen LogP contribution in [0.15, 0.2) is 12.3 Å². The number of anilines is 2. The van der Waals surface area contributed by atoms with Gasteiger partial charge in [0.25, 0.3) is 0 Å². The van der Waals surface area contributed by atoms with Crippen molar-refractivity contribution in [2.24, 2.45) is 0 Å². The van der Waals surface area contributed by atoms with E-state index in [0.717, 1.165) is 12.2 Å². The number of hydrogen-bond acceptors (Lipinski definition) is 5. The van der Waals surface area contributed by atoms with E-state index in [9.17, 15) is 0 Å². The topological polar surface area (TPSA) is 77.8 Å². The van der Waals surface area contributed by atoms with Gasteiger partial charge in [-0.25, -0.2) is 9.97 Å². The molecule has 0 aliphatic heterocycles. The summed E-state index contributed by atoms with van der Waals surface area (Å²) in [6.07, 6.45) is 6.29. The maximum absolute atomic E-state index is 5.48. The van der Waals surface area contributed by atoms with Gasteiger partial charge in [-0.15, -0.1) is 0 Å². The van der Waals surface area contributed by atoms with Crippen molar-refractivity contribution in [2.75, 3.05) is 17.2 Å². The van der Waals surface area contributed by atoms with Crippen LogP contribution >= 0.6 is 12.6 Å². The van der Waals surface area contributed by atoms with Crippen LogP contribution in [-0.2, 0) is 0 Å². The molecule has 1 rings (SSSR count). The molecule has 70 valence electrons. The lowest BCUT2D eigenvalue weighted by molar-refractivity contribution is 1.19. The minimum atomic E-state index is 0.270. The van der Waals surface area contributed by atoms with Crippen LogP contribution in [0.1, 0.15) is 12.1 Å².